The van der Waals surface area contributed by atoms with Crippen LogP contribution in [0, 0.1) is 23.0 Å². The van der Waals surface area contributed by atoms with Gasteiger partial charge in [-0.1, -0.05) is 0 Å². The zero-order valence-corrected chi connectivity index (χ0v) is 13.1. The minimum absolute atomic E-state index is 0.0958. The van der Waals surface area contributed by atoms with Gasteiger partial charge in [-0.2, -0.15) is 5.26 Å². The first-order chi connectivity index (χ1) is 12.0. The molecule has 7 heteroatoms. The number of hydrogen-bond acceptors (Lipinski definition) is 4. The number of amides is 1. The highest BCUT2D eigenvalue weighted by Crippen LogP contribution is 2.28. The zero-order valence-electron chi connectivity index (χ0n) is 13.1. The summed E-state index contributed by atoms with van der Waals surface area (Å²) in [7, 11) is 0. The molecule has 128 valence electrons. The molecule has 2 aromatic carbocycles. The topological polar surface area (TPSA) is 73.6 Å². The van der Waals surface area contributed by atoms with Gasteiger partial charge in [-0.25, -0.2) is 8.78 Å². The van der Waals surface area contributed by atoms with E-state index in [1.807, 2.05) is 6.07 Å². The van der Waals surface area contributed by atoms with Gasteiger partial charge in [0.2, 0.25) is 0 Å². The average molecular weight is 344 g/mol. The third-order valence-corrected chi connectivity index (χ3v) is 3.95. The number of nitriles is 1. The first-order valence-corrected chi connectivity index (χ1v) is 7.57. The van der Waals surface area contributed by atoms with Gasteiger partial charge in [0.05, 0.1) is 30.9 Å². The Hall–Kier alpha value is -2.98. The smallest absolute Gasteiger partial charge is 0.254 e. The highest BCUT2D eigenvalue weighted by Gasteiger charge is 2.30. The Balaban J connectivity index is 1.97. The van der Waals surface area contributed by atoms with Gasteiger partial charge in [-0.3, -0.25) is 4.79 Å². The highest BCUT2D eigenvalue weighted by atomic mass is 19.1. The van der Waals surface area contributed by atoms with Gasteiger partial charge in [-0.15, -0.1) is 0 Å². The first-order valence-electron chi connectivity index (χ1n) is 7.57. The molecule has 2 aromatic rings. The summed E-state index contributed by atoms with van der Waals surface area (Å²) in [5, 5.41) is 18.7. The molecule has 1 amide bonds. The lowest BCUT2D eigenvalue weighted by atomic mass is 10.0. The molecule has 1 heterocycles. The number of morpholine rings is 1. The molecule has 0 aromatic heterocycles. The summed E-state index contributed by atoms with van der Waals surface area (Å²) in [6.45, 7) is 0.599. The Bertz CT molecular complexity index is 844. The van der Waals surface area contributed by atoms with Crippen molar-refractivity contribution in [1.29, 1.82) is 5.26 Å². The lowest BCUT2D eigenvalue weighted by molar-refractivity contribution is -0.00287. The van der Waals surface area contributed by atoms with Crippen LogP contribution in [0.15, 0.2) is 36.4 Å². The van der Waals surface area contributed by atoms with Crippen molar-refractivity contribution in [3.05, 3.63) is 64.7 Å². The molecule has 1 atom stereocenters. The number of carbonyl (C=O) groups is 1. The van der Waals surface area contributed by atoms with Crippen LogP contribution in [-0.2, 0) is 4.74 Å². The maximum absolute atomic E-state index is 13.5. The lowest BCUT2D eigenvalue weighted by Crippen LogP contribution is -2.43. The largest absolute Gasteiger partial charge is 0.508 e. The number of ether oxygens (including phenoxy) is 1. The summed E-state index contributed by atoms with van der Waals surface area (Å²) >= 11 is 0. The van der Waals surface area contributed by atoms with E-state index in [1.165, 1.54) is 23.1 Å². The second-order valence-corrected chi connectivity index (χ2v) is 5.67. The third-order valence-electron chi connectivity index (χ3n) is 3.95. The summed E-state index contributed by atoms with van der Waals surface area (Å²) in [4.78, 5) is 14.3. The van der Waals surface area contributed by atoms with Gasteiger partial charge in [0.1, 0.15) is 17.4 Å². The van der Waals surface area contributed by atoms with Gasteiger partial charge >= 0.3 is 0 Å². The van der Waals surface area contributed by atoms with Crippen LogP contribution in [0.2, 0.25) is 0 Å². The van der Waals surface area contributed by atoms with E-state index in [9.17, 15) is 18.7 Å². The van der Waals surface area contributed by atoms with E-state index in [2.05, 4.69) is 0 Å². The summed E-state index contributed by atoms with van der Waals surface area (Å²) in [5.74, 6) is -2.14. The van der Waals surface area contributed by atoms with E-state index in [-0.39, 0.29) is 42.2 Å². The second kappa shape index (κ2) is 6.87. The van der Waals surface area contributed by atoms with Crippen LogP contribution in [0.5, 0.6) is 5.75 Å². The van der Waals surface area contributed by atoms with Crippen LogP contribution >= 0.6 is 0 Å². The van der Waals surface area contributed by atoms with Gasteiger partial charge in [0.25, 0.3) is 5.91 Å². The minimum atomic E-state index is -0.739. The maximum Gasteiger partial charge on any atom is 0.254 e. The molecule has 1 fully saturated rings. The van der Waals surface area contributed by atoms with Crippen molar-refractivity contribution in [2.75, 3.05) is 19.8 Å². The summed E-state index contributed by atoms with van der Waals surface area (Å²) in [6, 6.07) is 8.14. The van der Waals surface area contributed by atoms with E-state index in [0.717, 1.165) is 18.2 Å². The third kappa shape index (κ3) is 3.59. The first kappa shape index (κ1) is 16.9. The van der Waals surface area contributed by atoms with Crippen molar-refractivity contribution < 1.29 is 23.4 Å². The molecule has 1 aliphatic heterocycles. The van der Waals surface area contributed by atoms with Gasteiger partial charge in [0.15, 0.2) is 0 Å². The number of carbonyl (C=O) groups excluding carboxylic acids is 1. The fourth-order valence-corrected chi connectivity index (χ4v) is 2.86. The van der Waals surface area contributed by atoms with Crippen molar-refractivity contribution in [3.63, 3.8) is 0 Å². The highest BCUT2D eigenvalue weighted by molar-refractivity contribution is 5.95. The van der Waals surface area contributed by atoms with Crippen LogP contribution in [0.25, 0.3) is 0 Å². The van der Waals surface area contributed by atoms with Crippen molar-refractivity contribution in [2.45, 2.75) is 6.04 Å². The van der Waals surface area contributed by atoms with Crippen molar-refractivity contribution in [2.24, 2.45) is 0 Å². The molecule has 25 heavy (non-hydrogen) atoms. The lowest BCUT2D eigenvalue weighted by Gasteiger charge is -2.36. The number of rotatable bonds is 2. The molecular weight excluding hydrogens is 330 g/mol. The molecule has 0 radical (unpaired) electrons. The molecule has 5 nitrogen and oxygen atoms in total. The standard InChI is InChI=1S/C18H14F2N2O3/c19-14-5-12(6-15(20)8-14)17-10-25-2-1-22(17)18(24)13-3-11(9-21)4-16(23)7-13/h3-8,17,23H,1-2,10H2. The van der Waals surface area contributed by atoms with E-state index < -0.39 is 23.6 Å². The van der Waals surface area contributed by atoms with Crippen LogP contribution < -0.4 is 0 Å². The van der Waals surface area contributed by atoms with Crippen LogP contribution in [0.3, 0.4) is 0 Å². The SMILES string of the molecule is N#Cc1cc(O)cc(C(=O)N2CCOCC2c2cc(F)cc(F)c2)c1. The zero-order chi connectivity index (χ0) is 18.0. The number of aromatic hydroxyl groups is 1. The molecule has 1 aliphatic rings. The fourth-order valence-electron chi connectivity index (χ4n) is 2.86. The van der Waals surface area contributed by atoms with Crippen LogP contribution in [-0.4, -0.2) is 35.7 Å². The average Bonchev–Trinajstić information content (AvgIpc) is 2.59. The number of nitrogens with zero attached hydrogens (tertiary/aromatic N) is 2. The molecule has 3 rings (SSSR count). The van der Waals surface area contributed by atoms with Crippen molar-refractivity contribution in [1.82, 2.24) is 4.90 Å². The van der Waals surface area contributed by atoms with E-state index in [0.29, 0.717) is 0 Å². The van der Waals surface area contributed by atoms with Gasteiger partial charge in [-0.05, 0) is 35.9 Å². The number of phenols is 1. The predicted octanol–water partition coefficient (Wildman–Crippen LogP) is 2.76. The van der Waals surface area contributed by atoms with Crippen molar-refractivity contribution >= 4 is 5.91 Å². The number of benzene rings is 2. The van der Waals surface area contributed by atoms with E-state index in [1.54, 1.807) is 0 Å². The molecule has 1 unspecified atom stereocenters. The van der Waals surface area contributed by atoms with Gasteiger partial charge in [0, 0.05) is 18.2 Å². The van der Waals surface area contributed by atoms with Gasteiger partial charge < -0.3 is 14.7 Å². The van der Waals surface area contributed by atoms with E-state index >= 15 is 0 Å². The number of phenolic OH excluding ortho intramolecular Hbond substituents is 1. The number of hydrogen-bond donors (Lipinski definition) is 1. The monoisotopic (exact) mass is 344 g/mol. The Kier molecular flexibility index (Phi) is 4.63. The summed E-state index contributed by atoms with van der Waals surface area (Å²) in [6.07, 6.45) is 0. The normalized spacial score (nSPS) is 17.2. The summed E-state index contributed by atoms with van der Waals surface area (Å²) < 4.78 is 32.4. The van der Waals surface area contributed by atoms with Crippen molar-refractivity contribution in [3.8, 4) is 11.8 Å². The predicted molar refractivity (Wildman–Crippen MR) is 83.8 cm³/mol. The fraction of sp³-hybridized carbons (Fsp3) is 0.222. The molecule has 0 bridgehead atoms. The molecule has 0 spiro atoms. The Morgan fingerprint density at radius 2 is 1.92 bits per heavy atom. The Morgan fingerprint density at radius 3 is 2.60 bits per heavy atom. The number of halogens is 2. The molecule has 0 aliphatic carbocycles. The molecule has 0 saturated carbocycles. The Labute approximate surface area is 142 Å². The van der Waals surface area contributed by atoms with Crippen LogP contribution in [0.1, 0.15) is 27.5 Å². The molecule has 1 N–H and O–H groups in total. The second-order valence-electron chi connectivity index (χ2n) is 5.67. The molecular formula is C18H14F2N2O3. The van der Waals surface area contributed by atoms with Crippen LogP contribution in [0.4, 0.5) is 8.78 Å². The quantitative estimate of drug-likeness (QED) is 0.909. The maximum atomic E-state index is 13.5. The summed E-state index contributed by atoms with van der Waals surface area (Å²) in [5.41, 5.74) is 0.552. The van der Waals surface area contributed by atoms with E-state index in [4.69, 9.17) is 10.00 Å². The minimum Gasteiger partial charge on any atom is -0.508 e. The Morgan fingerprint density at radius 1 is 1.20 bits per heavy atom. The molecule has 1 saturated heterocycles.